The van der Waals surface area contributed by atoms with E-state index in [0.717, 1.165) is 44.9 Å². The third kappa shape index (κ3) is 7.20. The molecule has 2 saturated carbocycles. The Morgan fingerprint density at radius 3 is 2.20 bits per heavy atom. The van der Waals surface area contributed by atoms with Gasteiger partial charge in [0.15, 0.2) is 5.82 Å². The second kappa shape index (κ2) is 14.4. The zero-order valence-electron chi connectivity index (χ0n) is 30.1. The van der Waals surface area contributed by atoms with Crippen molar-refractivity contribution in [2.24, 2.45) is 17.8 Å². The van der Waals surface area contributed by atoms with Crippen molar-refractivity contribution in [1.29, 1.82) is 0 Å². The van der Waals surface area contributed by atoms with E-state index in [-0.39, 0.29) is 35.3 Å². The van der Waals surface area contributed by atoms with Crippen molar-refractivity contribution in [2.75, 3.05) is 20.2 Å². The van der Waals surface area contributed by atoms with Gasteiger partial charge in [0.05, 0.1) is 31.1 Å². The molecule has 286 valence electrons. The summed E-state index contributed by atoms with van der Waals surface area (Å²) < 4.78 is 47.7. The highest BCUT2D eigenvalue weighted by atomic mass is 19.4. The number of nitrogens with zero attached hydrogens (tertiary/aromatic N) is 6. The average Bonchev–Trinajstić information content (AvgIpc) is 3.92. The largest absolute Gasteiger partial charge is 0.453 e. The van der Waals surface area contributed by atoms with Crippen LogP contribution in [0.25, 0.3) is 33.9 Å². The van der Waals surface area contributed by atoms with Crippen LogP contribution in [0, 0.1) is 17.8 Å². The predicted octanol–water partition coefficient (Wildman–Crippen LogP) is 6.24. The molecule has 1 unspecified atom stereocenters. The molecule has 2 saturated heterocycles. The van der Waals surface area contributed by atoms with Gasteiger partial charge in [-0.05, 0) is 69.1 Å². The lowest BCUT2D eigenvalue weighted by Crippen LogP contribution is -2.49. The molecule has 0 bridgehead atoms. The van der Waals surface area contributed by atoms with Crippen LogP contribution in [0.2, 0.25) is 0 Å². The van der Waals surface area contributed by atoms with Crippen LogP contribution in [-0.2, 0) is 15.7 Å². The topological polar surface area (TPSA) is 165 Å². The quantitative estimate of drug-likeness (QED) is 0.139. The summed E-state index contributed by atoms with van der Waals surface area (Å²) >= 11 is 0. The highest BCUT2D eigenvalue weighted by Gasteiger charge is 2.44. The van der Waals surface area contributed by atoms with Crippen LogP contribution in [0.4, 0.5) is 18.0 Å². The fraction of sp³-hybridized carbons (Fsp3) is 0.526. The lowest BCUT2D eigenvalue weighted by atomic mass is 10.0. The van der Waals surface area contributed by atoms with Crippen molar-refractivity contribution in [3.05, 3.63) is 60.2 Å². The molecule has 5 atom stereocenters. The van der Waals surface area contributed by atoms with E-state index in [0.29, 0.717) is 59.5 Å². The third-order valence-corrected chi connectivity index (χ3v) is 11.4. The van der Waals surface area contributed by atoms with Crippen molar-refractivity contribution >= 4 is 12.0 Å². The number of imidazole rings is 2. The number of hydrogen-bond donors (Lipinski definition) is 4. The number of hydrogen-bond acceptors (Lipinski definition) is 9. The summed E-state index contributed by atoms with van der Waals surface area (Å²) in [6.45, 7) is 3.17. The van der Waals surface area contributed by atoms with Gasteiger partial charge in [0.25, 0.3) is 0 Å². The molecule has 5 heterocycles. The molecule has 2 aliphatic heterocycles. The number of aromatic nitrogens is 6. The molecular weight excluding hydrogens is 703 g/mol. The van der Waals surface area contributed by atoms with Crippen molar-refractivity contribution in [3.8, 4) is 33.9 Å². The van der Waals surface area contributed by atoms with Crippen LogP contribution < -0.4 is 5.32 Å². The number of amides is 2. The van der Waals surface area contributed by atoms with Crippen LogP contribution in [0.15, 0.2) is 42.9 Å². The van der Waals surface area contributed by atoms with Crippen LogP contribution in [0.1, 0.15) is 87.7 Å². The summed E-state index contributed by atoms with van der Waals surface area (Å²) in [4.78, 5) is 53.2. The Balaban J connectivity index is 0.967. The lowest BCUT2D eigenvalue weighted by molar-refractivity contribution is -0.140. The van der Waals surface area contributed by atoms with Gasteiger partial charge in [0.2, 0.25) is 5.91 Å². The zero-order chi connectivity index (χ0) is 37.7. The Morgan fingerprint density at radius 1 is 0.870 bits per heavy atom. The van der Waals surface area contributed by atoms with Gasteiger partial charge in [0, 0.05) is 42.2 Å². The summed E-state index contributed by atoms with van der Waals surface area (Å²) in [5.74, 6) is 1.69. The van der Waals surface area contributed by atoms with Gasteiger partial charge in [0.1, 0.15) is 35.3 Å². The highest BCUT2D eigenvalue weighted by molar-refractivity contribution is 5.87. The minimum absolute atomic E-state index is 0.0479. The van der Waals surface area contributed by atoms with E-state index < -0.39 is 36.3 Å². The molecule has 4 N–H and O–H groups in total. The first-order chi connectivity index (χ1) is 26.0. The maximum Gasteiger partial charge on any atom is 0.433 e. The number of nitrogens with one attached hydrogen (secondary N) is 3. The van der Waals surface area contributed by atoms with Gasteiger partial charge in [-0.2, -0.15) is 13.2 Å². The maximum atomic E-state index is 14.3. The first-order valence-corrected chi connectivity index (χ1v) is 18.7. The predicted molar refractivity (Wildman–Crippen MR) is 190 cm³/mol. The van der Waals surface area contributed by atoms with Crippen molar-refractivity contribution in [1.82, 2.24) is 45.0 Å². The van der Waals surface area contributed by atoms with E-state index in [2.05, 4.69) is 35.2 Å². The molecule has 13 nitrogen and oxygen atoms in total. The van der Waals surface area contributed by atoms with Gasteiger partial charge in [-0.1, -0.05) is 31.2 Å². The van der Waals surface area contributed by atoms with E-state index in [1.54, 1.807) is 47.8 Å². The second-order valence-electron chi connectivity index (χ2n) is 15.0. The van der Waals surface area contributed by atoms with E-state index in [1.807, 2.05) is 11.8 Å². The van der Waals surface area contributed by atoms with Crippen LogP contribution in [-0.4, -0.2) is 89.3 Å². The molecule has 0 radical (unpaired) electrons. The van der Waals surface area contributed by atoms with Crippen LogP contribution >= 0.6 is 0 Å². The smallest absolute Gasteiger partial charge is 0.433 e. The number of methoxy groups -OCH3 is 1. The first kappa shape index (κ1) is 36.2. The normalized spacial score (nSPS) is 22.3. The van der Waals surface area contributed by atoms with Crippen molar-refractivity contribution in [3.63, 3.8) is 0 Å². The molecule has 4 aliphatic rings. The molecule has 2 aliphatic carbocycles. The zero-order valence-corrected chi connectivity index (χ0v) is 30.1. The lowest BCUT2D eigenvalue weighted by Gasteiger charge is -2.32. The monoisotopic (exact) mass is 747 g/mol. The number of aromatic amines is 2. The van der Waals surface area contributed by atoms with Gasteiger partial charge >= 0.3 is 12.3 Å². The summed E-state index contributed by atoms with van der Waals surface area (Å²) in [5, 5.41) is 13.8. The van der Waals surface area contributed by atoms with E-state index in [1.165, 1.54) is 7.11 Å². The van der Waals surface area contributed by atoms with Crippen molar-refractivity contribution in [2.45, 2.75) is 88.8 Å². The molecule has 54 heavy (non-hydrogen) atoms. The van der Waals surface area contributed by atoms with E-state index >= 15 is 0 Å². The fourth-order valence-corrected chi connectivity index (χ4v) is 8.07. The molecule has 4 aromatic rings. The van der Waals surface area contributed by atoms with Crippen LogP contribution in [0.5, 0.6) is 0 Å². The summed E-state index contributed by atoms with van der Waals surface area (Å²) in [6, 6.07) is 5.19. The number of alkyl carbamates (subject to hydrolysis) is 1. The number of aliphatic hydroxyl groups is 1. The van der Waals surface area contributed by atoms with Gasteiger partial charge in [-0.25, -0.2) is 24.7 Å². The Bertz CT molecular complexity index is 1970. The number of benzene rings is 1. The molecule has 16 heteroatoms. The SMILES string of the molecule is COC(=O)N[C@H](C(=O)N1CCC[C@H]1c1ncc(-c2cnc(-c3ccc(-c4nc([C@@H]5CCCN5C(O)[C@@H](C)C5CC5)[nH]c4C(F)(F)F)cc3)nc2)[nH]1)C1CC1. The van der Waals surface area contributed by atoms with Crippen LogP contribution in [0.3, 0.4) is 0 Å². The number of H-pyrrole nitrogens is 2. The Labute approximate surface area is 310 Å². The van der Waals surface area contributed by atoms with Gasteiger partial charge < -0.3 is 30.0 Å². The molecule has 0 spiro atoms. The molecular formula is C38H44F3N9O4. The summed E-state index contributed by atoms with van der Waals surface area (Å²) in [7, 11) is 1.28. The second-order valence-corrected chi connectivity index (χ2v) is 15.0. The first-order valence-electron chi connectivity index (χ1n) is 18.7. The van der Waals surface area contributed by atoms with E-state index in [9.17, 15) is 27.9 Å². The number of carbonyl (C=O) groups is 2. The number of aliphatic hydroxyl groups excluding tert-OH is 1. The molecule has 4 fully saturated rings. The van der Waals surface area contributed by atoms with Crippen molar-refractivity contribution < 1.29 is 32.6 Å². The number of likely N-dealkylation sites (tertiary alicyclic amines) is 2. The number of carbonyl (C=O) groups excluding carboxylic acids is 2. The van der Waals surface area contributed by atoms with Gasteiger partial charge in [-0.15, -0.1) is 0 Å². The fourth-order valence-electron chi connectivity index (χ4n) is 8.07. The van der Waals surface area contributed by atoms with Gasteiger partial charge in [-0.3, -0.25) is 9.69 Å². The number of alkyl halides is 3. The number of rotatable bonds is 11. The summed E-state index contributed by atoms with van der Waals surface area (Å²) in [6.07, 6.45) is 5.75. The molecule has 2 amide bonds. The minimum atomic E-state index is -4.65. The average molecular weight is 748 g/mol. The highest BCUT2D eigenvalue weighted by Crippen LogP contribution is 2.44. The maximum absolute atomic E-state index is 14.3. The Kier molecular flexibility index (Phi) is 9.67. The Hall–Kier alpha value is -4.83. The number of ether oxygens (including phenoxy) is 1. The summed E-state index contributed by atoms with van der Waals surface area (Å²) in [5.41, 5.74) is 1.16. The Morgan fingerprint density at radius 2 is 1.54 bits per heavy atom. The van der Waals surface area contributed by atoms with E-state index in [4.69, 9.17) is 4.74 Å². The molecule has 1 aromatic carbocycles. The molecule has 8 rings (SSSR count). The molecule has 3 aromatic heterocycles. The minimum Gasteiger partial charge on any atom is -0.453 e. The third-order valence-electron chi connectivity index (χ3n) is 11.4. The number of halogens is 3. The standard InChI is InChI=1S/C38H44F3N9O4/c1-20(21-7-8-21)35(51)49-15-4-6-28(49)34-46-29(31(48-34)38(39,40)41)22-11-13-24(14-12-22)32-42-17-25(18-43-32)26-19-44-33(45-26)27-5-3-16-50(27)36(52)30(23-9-10-23)47-37(53)54-2/h11-14,17-21,23,27-28,30,35,51H,3-10,15-16H2,1-2H3,(H,44,45)(H,46,48)(H,47,53)/t20-,27-,28-,30-,35?/m0/s1.